The van der Waals surface area contributed by atoms with Crippen molar-refractivity contribution in [3.63, 3.8) is 0 Å². The normalized spacial score (nSPS) is 23.6. The monoisotopic (exact) mass is 264 g/mol. The smallest absolute Gasteiger partial charge is 0.407 e. The average Bonchev–Trinajstić information content (AvgIpc) is 2.39. The van der Waals surface area contributed by atoms with Crippen LogP contribution in [0.2, 0.25) is 0 Å². The highest BCUT2D eigenvalue weighted by Gasteiger charge is 2.32. The van der Waals surface area contributed by atoms with Crippen LogP contribution in [0.5, 0.6) is 0 Å². The lowest BCUT2D eigenvalue weighted by Crippen LogP contribution is -2.54. The van der Waals surface area contributed by atoms with Crippen molar-refractivity contribution < 1.29 is 15.0 Å². The summed E-state index contributed by atoms with van der Waals surface area (Å²) in [5.41, 5.74) is 1.19. The van der Waals surface area contributed by atoms with Gasteiger partial charge < -0.3 is 15.1 Å². The SMILES string of the molecule is CN(Cc1ccccc1)[C@H]1CCN(C(=O)O)C[C@@H]1O. The van der Waals surface area contributed by atoms with Gasteiger partial charge in [0, 0.05) is 19.1 Å². The Bertz CT molecular complexity index is 424. The van der Waals surface area contributed by atoms with Gasteiger partial charge in [-0.3, -0.25) is 4.90 Å². The molecule has 0 unspecified atom stereocenters. The number of likely N-dealkylation sites (tertiary alicyclic amines) is 1. The number of carbonyl (C=O) groups is 1. The molecule has 0 aromatic heterocycles. The van der Waals surface area contributed by atoms with Crippen molar-refractivity contribution >= 4 is 6.09 Å². The summed E-state index contributed by atoms with van der Waals surface area (Å²) in [6, 6.07) is 10.1. The molecular formula is C14H20N2O3. The number of hydrogen-bond donors (Lipinski definition) is 2. The molecule has 0 aliphatic carbocycles. The van der Waals surface area contributed by atoms with E-state index in [2.05, 4.69) is 17.0 Å². The van der Waals surface area contributed by atoms with E-state index in [1.54, 1.807) is 0 Å². The van der Waals surface area contributed by atoms with E-state index in [9.17, 15) is 9.90 Å². The van der Waals surface area contributed by atoms with Gasteiger partial charge in [-0.25, -0.2) is 4.79 Å². The highest BCUT2D eigenvalue weighted by Crippen LogP contribution is 2.18. The highest BCUT2D eigenvalue weighted by atomic mass is 16.4. The zero-order valence-electron chi connectivity index (χ0n) is 11.1. The van der Waals surface area contributed by atoms with Gasteiger partial charge >= 0.3 is 6.09 Å². The van der Waals surface area contributed by atoms with Crippen molar-refractivity contribution in [2.75, 3.05) is 20.1 Å². The minimum Gasteiger partial charge on any atom is -0.465 e. The van der Waals surface area contributed by atoms with Gasteiger partial charge in [-0.2, -0.15) is 0 Å². The van der Waals surface area contributed by atoms with Crippen molar-refractivity contribution in [1.29, 1.82) is 0 Å². The first kappa shape index (κ1) is 13.8. The van der Waals surface area contributed by atoms with E-state index in [4.69, 9.17) is 5.11 Å². The van der Waals surface area contributed by atoms with Crippen molar-refractivity contribution in [2.24, 2.45) is 0 Å². The molecule has 2 rings (SSSR count). The largest absolute Gasteiger partial charge is 0.465 e. The van der Waals surface area contributed by atoms with Crippen LogP contribution in [-0.4, -0.2) is 58.4 Å². The molecule has 0 bridgehead atoms. The van der Waals surface area contributed by atoms with Crippen molar-refractivity contribution in [3.05, 3.63) is 35.9 Å². The number of piperidine rings is 1. The Labute approximate surface area is 113 Å². The molecule has 5 heteroatoms. The highest BCUT2D eigenvalue weighted by molar-refractivity contribution is 5.65. The average molecular weight is 264 g/mol. The molecule has 2 atom stereocenters. The van der Waals surface area contributed by atoms with Gasteiger partial charge in [0.1, 0.15) is 0 Å². The molecule has 5 nitrogen and oxygen atoms in total. The fourth-order valence-corrected chi connectivity index (χ4v) is 2.60. The lowest BCUT2D eigenvalue weighted by molar-refractivity contribution is -0.00218. The number of likely N-dealkylation sites (N-methyl/N-ethyl adjacent to an activating group) is 1. The standard InChI is InChI=1S/C14H20N2O3/c1-15(9-11-5-3-2-4-6-11)12-7-8-16(14(18)19)10-13(12)17/h2-6,12-13,17H,7-10H2,1H3,(H,18,19)/t12-,13-/m0/s1. The Balaban J connectivity index is 1.93. The van der Waals surface area contributed by atoms with Crippen LogP contribution >= 0.6 is 0 Å². The van der Waals surface area contributed by atoms with Crippen LogP contribution in [0.15, 0.2) is 30.3 Å². The molecule has 1 aliphatic rings. The number of aliphatic hydroxyl groups is 1. The molecule has 1 aromatic rings. The second-order valence-corrected chi connectivity index (χ2v) is 5.05. The summed E-state index contributed by atoms with van der Waals surface area (Å²) >= 11 is 0. The number of β-amino-alcohol motifs (C(OH)–C–C–N with tert-alkyl or cyclic N) is 1. The van der Waals surface area contributed by atoms with Crippen LogP contribution in [0, 0.1) is 0 Å². The molecule has 0 saturated carbocycles. The third-order valence-electron chi connectivity index (χ3n) is 3.66. The maximum atomic E-state index is 10.9. The van der Waals surface area contributed by atoms with Gasteiger partial charge in [-0.05, 0) is 19.0 Å². The number of carboxylic acid groups (broad SMARTS) is 1. The quantitative estimate of drug-likeness (QED) is 0.862. The molecule has 104 valence electrons. The van der Waals surface area contributed by atoms with Gasteiger partial charge in [0.25, 0.3) is 0 Å². The Morgan fingerprint density at radius 2 is 2.11 bits per heavy atom. The predicted octanol–water partition coefficient (Wildman–Crippen LogP) is 1.23. The van der Waals surface area contributed by atoms with Crippen molar-refractivity contribution in [2.45, 2.75) is 25.1 Å². The number of nitrogens with zero attached hydrogens (tertiary/aromatic N) is 2. The summed E-state index contributed by atoms with van der Waals surface area (Å²) in [6.07, 6.45) is -0.918. The molecule has 1 aliphatic heterocycles. The molecule has 1 aromatic carbocycles. The summed E-state index contributed by atoms with van der Waals surface area (Å²) in [5, 5.41) is 19.0. The van der Waals surface area contributed by atoms with Crippen LogP contribution < -0.4 is 0 Å². The van der Waals surface area contributed by atoms with Crippen molar-refractivity contribution in [3.8, 4) is 0 Å². The van der Waals surface area contributed by atoms with E-state index in [1.165, 1.54) is 10.5 Å². The minimum atomic E-state index is -0.955. The maximum absolute atomic E-state index is 10.9. The molecule has 0 spiro atoms. The first-order chi connectivity index (χ1) is 9.08. The molecule has 1 amide bonds. The van der Waals surface area contributed by atoms with Crippen molar-refractivity contribution in [1.82, 2.24) is 9.80 Å². The van der Waals surface area contributed by atoms with E-state index in [0.717, 1.165) is 6.54 Å². The molecule has 19 heavy (non-hydrogen) atoms. The maximum Gasteiger partial charge on any atom is 0.407 e. The topological polar surface area (TPSA) is 64.0 Å². The lowest BCUT2D eigenvalue weighted by atomic mass is 10.00. The minimum absolute atomic E-state index is 0.0100. The Kier molecular flexibility index (Phi) is 4.39. The van der Waals surface area contributed by atoms with Crippen LogP contribution in [-0.2, 0) is 6.54 Å². The van der Waals surface area contributed by atoms with Gasteiger partial charge in [0.2, 0.25) is 0 Å². The van der Waals surface area contributed by atoms with Gasteiger partial charge in [-0.1, -0.05) is 30.3 Å². The third-order valence-corrected chi connectivity index (χ3v) is 3.66. The van der Waals surface area contributed by atoms with E-state index in [0.29, 0.717) is 13.0 Å². The lowest BCUT2D eigenvalue weighted by Gasteiger charge is -2.39. The second-order valence-electron chi connectivity index (χ2n) is 5.05. The Hall–Kier alpha value is -1.59. The molecule has 2 N–H and O–H groups in total. The first-order valence-electron chi connectivity index (χ1n) is 6.48. The molecule has 0 radical (unpaired) electrons. The summed E-state index contributed by atoms with van der Waals surface area (Å²) in [6.45, 7) is 1.44. The van der Waals surface area contributed by atoms with Crippen LogP contribution in [0.3, 0.4) is 0 Å². The first-order valence-corrected chi connectivity index (χ1v) is 6.48. The van der Waals surface area contributed by atoms with E-state index in [1.807, 2.05) is 25.2 Å². The van der Waals surface area contributed by atoms with Gasteiger partial charge in [0.15, 0.2) is 0 Å². The number of benzene rings is 1. The Morgan fingerprint density at radius 3 is 2.68 bits per heavy atom. The van der Waals surface area contributed by atoms with E-state index < -0.39 is 12.2 Å². The molecular weight excluding hydrogens is 244 g/mol. The summed E-state index contributed by atoms with van der Waals surface area (Å²) in [7, 11) is 1.97. The summed E-state index contributed by atoms with van der Waals surface area (Å²) < 4.78 is 0. The van der Waals surface area contributed by atoms with Crippen LogP contribution in [0.4, 0.5) is 4.79 Å². The number of rotatable bonds is 3. The van der Waals surface area contributed by atoms with Gasteiger partial charge in [0.05, 0.1) is 12.6 Å². The van der Waals surface area contributed by atoms with Crippen LogP contribution in [0.25, 0.3) is 0 Å². The number of aliphatic hydroxyl groups excluding tert-OH is 1. The zero-order valence-corrected chi connectivity index (χ0v) is 11.1. The Morgan fingerprint density at radius 1 is 1.42 bits per heavy atom. The molecule has 1 saturated heterocycles. The third kappa shape index (κ3) is 3.45. The summed E-state index contributed by atoms with van der Waals surface area (Å²) in [5.74, 6) is 0. The molecule has 1 fully saturated rings. The van der Waals surface area contributed by atoms with Gasteiger partial charge in [-0.15, -0.1) is 0 Å². The number of hydrogen-bond acceptors (Lipinski definition) is 3. The fourth-order valence-electron chi connectivity index (χ4n) is 2.60. The zero-order chi connectivity index (χ0) is 13.8. The second kappa shape index (κ2) is 6.04. The predicted molar refractivity (Wildman–Crippen MR) is 71.9 cm³/mol. The molecule has 1 heterocycles. The van der Waals surface area contributed by atoms with E-state index >= 15 is 0 Å². The summed E-state index contributed by atoms with van der Waals surface area (Å²) in [4.78, 5) is 14.2. The fraction of sp³-hybridized carbons (Fsp3) is 0.500. The number of amides is 1. The van der Waals surface area contributed by atoms with Crippen LogP contribution in [0.1, 0.15) is 12.0 Å². The van der Waals surface area contributed by atoms with E-state index in [-0.39, 0.29) is 12.6 Å².